The first-order valence-electron chi connectivity index (χ1n) is 7.05. The maximum Gasteiger partial charge on any atom is 0.274 e. The third-order valence-electron chi connectivity index (χ3n) is 3.10. The molecule has 0 spiro atoms. The second kappa shape index (κ2) is 8.71. The van der Waals surface area contributed by atoms with Gasteiger partial charge in [0.2, 0.25) is 0 Å². The summed E-state index contributed by atoms with van der Waals surface area (Å²) in [7, 11) is 0. The summed E-state index contributed by atoms with van der Waals surface area (Å²) < 4.78 is 5.24. The topological polar surface area (TPSA) is 78.8 Å². The predicted molar refractivity (Wildman–Crippen MR) is 84.5 cm³/mol. The van der Waals surface area contributed by atoms with Crippen molar-refractivity contribution in [2.24, 2.45) is 0 Å². The molecule has 2 aromatic carbocycles. The molecular weight excluding hydrogens is 294 g/mol. The molecule has 1 amide bonds. The maximum absolute atomic E-state index is 11.2. The zero-order valence-corrected chi connectivity index (χ0v) is 12.4. The molecule has 0 aromatic heterocycles. The van der Waals surface area contributed by atoms with Crippen molar-refractivity contribution in [3.05, 3.63) is 71.3 Å². The van der Waals surface area contributed by atoms with E-state index in [2.05, 4.69) is 11.8 Å². The van der Waals surface area contributed by atoms with Crippen LogP contribution in [-0.2, 0) is 16.1 Å². The lowest BCUT2D eigenvalue weighted by atomic mass is 10.1. The molecular formula is C18H17NO4. The third-order valence-corrected chi connectivity index (χ3v) is 3.10. The van der Waals surface area contributed by atoms with Gasteiger partial charge < -0.3 is 9.84 Å². The molecule has 2 rings (SSSR count). The van der Waals surface area contributed by atoms with Gasteiger partial charge in [-0.3, -0.25) is 10.0 Å². The number of nitrogens with one attached hydrogen (secondary N) is 1. The first-order valence-corrected chi connectivity index (χ1v) is 7.05. The highest BCUT2D eigenvalue weighted by molar-refractivity contribution is 5.79. The van der Waals surface area contributed by atoms with Crippen molar-refractivity contribution in [2.75, 3.05) is 6.61 Å². The molecule has 0 aliphatic carbocycles. The number of rotatable bonds is 5. The van der Waals surface area contributed by atoms with Crippen molar-refractivity contribution in [2.45, 2.75) is 12.7 Å². The molecule has 5 heteroatoms. The van der Waals surface area contributed by atoms with Gasteiger partial charge in [0.05, 0.1) is 13.2 Å². The standard InChI is InChI=1S/C18H17NO4/c20-12-17(18(21)19-22)23-13-16-10-8-15(9-11-16)7-6-14-4-2-1-3-5-14/h1-5,8-11,17,20,22H,12-13H2,(H,19,21)/t17-/m0/s1. The van der Waals surface area contributed by atoms with Gasteiger partial charge in [0.25, 0.3) is 5.91 Å². The Bertz CT molecular complexity index is 686. The van der Waals surface area contributed by atoms with E-state index >= 15 is 0 Å². The molecule has 0 heterocycles. The van der Waals surface area contributed by atoms with Crippen molar-refractivity contribution in [3.8, 4) is 11.8 Å². The number of hydrogen-bond donors (Lipinski definition) is 3. The molecule has 118 valence electrons. The Morgan fingerprint density at radius 2 is 1.65 bits per heavy atom. The van der Waals surface area contributed by atoms with Gasteiger partial charge >= 0.3 is 0 Å². The highest BCUT2D eigenvalue weighted by Gasteiger charge is 2.17. The first-order chi connectivity index (χ1) is 11.2. The Balaban J connectivity index is 1.95. The summed E-state index contributed by atoms with van der Waals surface area (Å²) in [5, 5.41) is 17.5. The fourth-order valence-electron chi connectivity index (χ4n) is 1.83. The van der Waals surface area contributed by atoms with E-state index in [1.54, 1.807) is 0 Å². The van der Waals surface area contributed by atoms with Gasteiger partial charge in [-0.15, -0.1) is 0 Å². The van der Waals surface area contributed by atoms with Crippen LogP contribution in [-0.4, -0.2) is 28.9 Å². The van der Waals surface area contributed by atoms with Gasteiger partial charge in [-0.1, -0.05) is 42.2 Å². The molecule has 3 N–H and O–H groups in total. The Morgan fingerprint density at radius 1 is 1.04 bits per heavy atom. The molecule has 2 aromatic rings. The van der Waals surface area contributed by atoms with Crippen LogP contribution in [0.1, 0.15) is 16.7 Å². The van der Waals surface area contributed by atoms with E-state index in [0.29, 0.717) is 0 Å². The van der Waals surface area contributed by atoms with Crippen LogP contribution in [0.3, 0.4) is 0 Å². The Hall–Kier alpha value is -2.65. The molecule has 0 radical (unpaired) electrons. The first kappa shape index (κ1) is 16.7. The average Bonchev–Trinajstić information content (AvgIpc) is 2.62. The van der Waals surface area contributed by atoms with Crippen LogP contribution >= 0.6 is 0 Å². The fourth-order valence-corrected chi connectivity index (χ4v) is 1.83. The Morgan fingerprint density at radius 3 is 2.22 bits per heavy atom. The molecule has 0 saturated carbocycles. The number of aliphatic hydroxyl groups excluding tert-OH is 1. The molecule has 0 unspecified atom stereocenters. The third kappa shape index (κ3) is 5.24. The van der Waals surface area contributed by atoms with Gasteiger partial charge in [0, 0.05) is 11.1 Å². The summed E-state index contributed by atoms with van der Waals surface area (Å²) in [5.41, 5.74) is 4.09. The van der Waals surface area contributed by atoms with Crippen LogP contribution in [0.4, 0.5) is 0 Å². The minimum atomic E-state index is -1.10. The lowest BCUT2D eigenvalue weighted by Gasteiger charge is -2.13. The average molecular weight is 311 g/mol. The van der Waals surface area contributed by atoms with Gasteiger partial charge in [0.1, 0.15) is 0 Å². The van der Waals surface area contributed by atoms with Crippen LogP contribution in [0.25, 0.3) is 0 Å². The van der Waals surface area contributed by atoms with Crippen molar-refractivity contribution in [3.63, 3.8) is 0 Å². The SMILES string of the molecule is O=C(NO)[C@H](CO)OCc1ccc(C#Cc2ccccc2)cc1. The number of aliphatic hydroxyl groups is 1. The molecule has 0 bridgehead atoms. The Kier molecular flexibility index (Phi) is 6.33. The highest BCUT2D eigenvalue weighted by atomic mass is 16.5. The van der Waals surface area contributed by atoms with E-state index in [1.165, 1.54) is 5.48 Å². The zero-order valence-electron chi connectivity index (χ0n) is 12.4. The zero-order chi connectivity index (χ0) is 16.5. The molecule has 23 heavy (non-hydrogen) atoms. The van der Waals surface area contributed by atoms with E-state index < -0.39 is 18.6 Å². The summed E-state index contributed by atoms with van der Waals surface area (Å²) in [6.07, 6.45) is -1.10. The molecule has 0 aliphatic rings. The van der Waals surface area contributed by atoms with Gasteiger partial charge in [-0.05, 0) is 29.8 Å². The van der Waals surface area contributed by atoms with Crippen molar-refractivity contribution in [1.82, 2.24) is 5.48 Å². The molecule has 0 fully saturated rings. The minimum absolute atomic E-state index is 0.144. The quantitative estimate of drug-likeness (QED) is 0.444. The molecule has 0 aliphatic heterocycles. The van der Waals surface area contributed by atoms with Gasteiger partial charge in [-0.25, -0.2) is 5.48 Å². The van der Waals surface area contributed by atoms with Crippen LogP contribution in [0.15, 0.2) is 54.6 Å². The van der Waals surface area contributed by atoms with Crippen LogP contribution in [0.2, 0.25) is 0 Å². The lowest BCUT2D eigenvalue weighted by Crippen LogP contribution is -2.36. The summed E-state index contributed by atoms with van der Waals surface area (Å²) in [6.45, 7) is -0.363. The van der Waals surface area contributed by atoms with E-state index in [0.717, 1.165) is 16.7 Å². The normalized spacial score (nSPS) is 11.2. The highest BCUT2D eigenvalue weighted by Crippen LogP contribution is 2.07. The van der Waals surface area contributed by atoms with E-state index in [4.69, 9.17) is 15.1 Å². The number of benzene rings is 2. The van der Waals surface area contributed by atoms with Crippen molar-refractivity contribution in [1.29, 1.82) is 0 Å². The summed E-state index contributed by atoms with van der Waals surface area (Å²) in [4.78, 5) is 11.2. The van der Waals surface area contributed by atoms with Crippen molar-refractivity contribution >= 4 is 5.91 Å². The number of amides is 1. The molecule has 5 nitrogen and oxygen atoms in total. The smallest absolute Gasteiger partial charge is 0.274 e. The van der Waals surface area contributed by atoms with Crippen LogP contribution < -0.4 is 5.48 Å². The number of carbonyl (C=O) groups is 1. The van der Waals surface area contributed by atoms with E-state index in [9.17, 15) is 4.79 Å². The van der Waals surface area contributed by atoms with E-state index in [-0.39, 0.29) is 6.61 Å². The summed E-state index contributed by atoms with van der Waals surface area (Å²) in [6, 6.07) is 17.1. The number of hydroxylamine groups is 1. The number of hydrogen-bond acceptors (Lipinski definition) is 4. The van der Waals surface area contributed by atoms with Gasteiger partial charge in [0.15, 0.2) is 6.10 Å². The lowest BCUT2D eigenvalue weighted by molar-refractivity contribution is -0.144. The van der Waals surface area contributed by atoms with Crippen LogP contribution in [0, 0.1) is 11.8 Å². The maximum atomic E-state index is 11.2. The van der Waals surface area contributed by atoms with Crippen molar-refractivity contribution < 1.29 is 19.8 Å². The fraction of sp³-hybridized carbons (Fsp3) is 0.167. The monoisotopic (exact) mass is 311 g/mol. The largest absolute Gasteiger partial charge is 0.393 e. The summed E-state index contributed by atoms with van der Waals surface area (Å²) in [5.74, 6) is 5.35. The number of carbonyl (C=O) groups excluding carboxylic acids is 1. The van der Waals surface area contributed by atoms with E-state index in [1.807, 2.05) is 54.6 Å². The van der Waals surface area contributed by atoms with Gasteiger partial charge in [-0.2, -0.15) is 0 Å². The number of ether oxygens (including phenoxy) is 1. The second-order valence-corrected chi connectivity index (χ2v) is 4.77. The Labute approximate surface area is 134 Å². The second-order valence-electron chi connectivity index (χ2n) is 4.77. The molecule has 0 saturated heterocycles. The summed E-state index contributed by atoms with van der Waals surface area (Å²) >= 11 is 0. The predicted octanol–water partition coefficient (Wildman–Crippen LogP) is 1.47. The molecule has 1 atom stereocenters. The minimum Gasteiger partial charge on any atom is -0.393 e. The van der Waals surface area contributed by atoms with Crippen LogP contribution in [0.5, 0.6) is 0 Å².